The maximum absolute atomic E-state index is 11.9. The van der Waals surface area contributed by atoms with Crippen LogP contribution in [0.3, 0.4) is 0 Å². The highest BCUT2D eigenvalue weighted by molar-refractivity contribution is 9.10. The monoisotopic (exact) mass is 396 g/mol. The van der Waals surface area contributed by atoms with Gasteiger partial charge in [-0.05, 0) is 64.8 Å². The summed E-state index contributed by atoms with van der Waals surface area (Å²) in [6.07, 6.45) is 0. The van der Waals surface area contributed by atoms with Crippen LogP contribution in [-0.2, 0) is 4.79 Å². The zero-order valence-electron chi connectivity index (χ0n) is 10.9. The van der Waals surface area contributed by atoms with Crippen LogP contribution in [0.2, 0.25) is 0 Å². The lowest BCUT2D eigenvalue weighted by atomic mass is 10.2. The molecule has 0 spiro atoms. The molecule has 0 heterocycles. The van der Waals surface area contributed by atoms with E-state index in [1.54, 1.807) is 0 Å². The van der Waals surface area contributed by atoms with E-state index in [0.717, 1.165) is 25.9 Å². The average Bonchev–Trinajstić information content (AvgIpc) is 2.41. The number of halogens is 2. The molecule has 0 aliphatic rings. The number of carbonyl (C=O) groups is 1. The van der Waals surface area contributed by atoms with Crippen molar-refractivity contribution in [2.75, 3.05) is 17.2 Å². The zero-order valence-corrected chi connectivity index (χ0v) is 14.1. The van der Waals surface area contributed by atoms with Gasteiger partial charge in [-0.25, -0.2) is 0 Å². The van der Waals surface area contributed by atoms with E-state index in [2.05, 4.69) is 42.5 Å². The van der Waals surface area contributed by atoms with Gasteiger partial charge in [0.1, 0.15) is 0 Å². The van der Waals surface area contributed by atoms with Crippen LogP contribution in [0.1, 0.15) is 5.56 Å². The number of rotatable bonds is 4. The standard InChI is InChI=1S/C15H14Br2N2O/c1-10-2-7-14(13(17)8-10)19-15(20)9-18-12-5-3-11(16)4-6-12/h2-8,18H,9H2,1H3,(H,19,20). The van der Waals surface area contributed by atoms with Crippen LogP contribution < -0.4 is 10.6 Å². The second-order valence-electron chi connectivity index (χ2n) is 4.39. The summed E-state index contributed by atoms with van der Waals surface area (Å²) in [7, 11) is 0. The Morgan fingerprint density at radius 2 is 1.80 bits per heavy atom. The molecule has 2 aromatic carbocycles. The molecule has 2 N–H and O–H groups in total. The molecular formula is C15H14Br2N2O. The zero-order chi connectivity index (χ0) is 14.5. The fraction of sp³-hybridized carbons (Fsp3) is 0.133. The third-order valence-corrected chi connectivity index (χ3v) is 3.88. The highest BCUT2D eigenvalue weighted by Crippen LogP contribution is 2.23. The molecule has 0 unspecified atom stereocenters. The first-order valence-corrected chi connectivity index (χ1v) is 7.68. The van der Waals surface area contributed by atoms with Gasteiger partial charge in [-0.3, -0.25) is 4.79 Å². The Balaban J connectivity index is 1.90. The van der Waals surface area contributed by atoms with Crippen molar-refractivity contribution in [2.45, 2.75) is 6.92 Å². The van der Waals surface area contributed by atoms with Crippen molar-refractivity contribution >= 4 is 49.1 Å². The summed E-state index contributed by atoms with van der Waals surface area (Å²) < 4.78 is 1.89. The maximum Gasteiger partial charge on any atom is 0.243 e. The van der Waals surface area contributed by atoms with Gasteiger partial charge in [0.05, 0.1) is 12.2 Å². The fourth-order valence-corrected chi connectivity index (χ4v) is 2.52. The number of aryl methyl sites for hydroxylation is 1. The number of anilines is 2. The highest BCUT2D eigenvalue weighted by Gasteiger charge is 2.05. The van der Waals surface area contributed by atoms with Crippen LogP contribution in [0.5, 0.6) is 0 Å². The third kappa shape index (κ3) is 4.35. The first kappa shape index (κ1) is 15.1. The number of carbonyl (C=O) groups excluding carboxylic acids is 1. The predicted molar refractivity (Wildman–Crippen MR) is 90.1 cm³/mol. The molecule has 1 amide bonds. The Labute approximate surface area is 135 Å². The Morgan fingerprint density at radius 3 is 2.45 bits per heavy atom. The van der Waals surface area contributed by atoms with Crippen molar-refractivity contribution < 1.29 is 4.79 Å². The summed E-state index contributed by atoms with van der Waals surface area (Å²) in [5.74, 6) is -0.0857. The molecule has 2 aromatic rings. The van der Waals surface area contributed by atoms with E-state index in [-0.39, 0.29) is 12.5 Å². The van der Waals surface area contributed by atoms with Crippen LogP contribution in [0.4, 0.5) is 11.4 Å². The lowest BCUT2D eigenvalue weighted by Gasteiger charge is -2.09. The molecule has 3 nitrogen and oxygen atoms in total. The van der Waals surface area contributed by atoms with Gasteiger partial charge in [0.25, 0.3) is 0 Å². The van der Waals surface area contributed by atoms with Crippen LogP contribution >= 0.6 is 31.9 Å². The largest absolute Gasteiger partial charge is 0.376 e. The molecule has 0 aliphatic heterocycles. The van der Waals surface area contributed by atoms with Gasteiger partial charge in [0.2, 0.25) is 5.91 Å². The maximum atomic E-state index is 11.9. The Bertz CT molecular complexity index is 612. The molecular weight excluding hydrogens is 384 g/mol. The number of benzene rings is 2. The fourth-order valence-electron chi connectivity index (χ4n) is 1.67. The van der Waals surface area contributed by atoms with Crippen molar-refractivity contribution in [2.24, 2.45) is 0 Å². The van der Waals surface area contributed by atoms with Crippen molar-refractivity contribution in [3.05, 3.63) is 57.0 Å². The lowest BCUT2D eigenvalue weighted by molar-refractivity contribution is -0.114. The van der Waals surface area contributed by atoms with Crippen molar-refractivity contribution in [1.82, 2.24) is 0 Å². The third-order valence-electron chi connectivity index (χ3n) is 2.70. The van der Waals surface area contributed by atoms with Gasteiger partial charge >= 0.3 is 0 Å². The van der Waals surface area contributed by atoms with Crippen LogP contribution in [-0.4, -0.2) is 12.5 Å². The minimum atomic E-state index is -0.0857. The molecule has 0 atom stereocenters. The average molecular weight is 398 g/mol. The van der Waals surface area contributed by atoms with Crippen molar-refractivity contribution in [3.63, 3.8) is 0 Å². The molecule has 0 saturated heterocycles. The summed E-state index contributed by atoms with van der Waals surface area (Å²) in [6.45, 7) is 2.23. The second-order valence-corrected chi connectivity index (χ2v) is 6.16. The highest BCUT2D eigenvalue weighted by atomic mass is 79.9. The van der Waals surface area contributed by atoms with Gasteiger partial charge in [0.15, 0.2) is 0 Å². The predicted octanol–water partition coefficient (Wildman–Crippen LogP) is 4.57. The van der Waals surface area contributed by atoms with Crippen LogP contribution in [0, 0.1) is 6.92 Å². The minimum Gasteiger partial charge on any atom is -0.376 e. The van der Waals surface area contributed by atoms with Gasteiger partial charge in [-0.2, -0.15) is 0 Å². The van der Waals surface area contributed by atoms with Gasteiger partial charge in [-0.15, -0.1) is 0 Å². The Hall–Kier alpha value is -1.33. The minimum absolute atomic E-state index is 0.0857. The summed E-state index contributed by atoms with van der Waals surface area (Å²) in [4.78, 5) is 11.9. The molecule has 0 saturated carbocycles. The van der Waals surface area contributed by atoms with E-state index in [4.69, 9.17) is 0 Å². The van der Waals surface area contributed by atoms with E-state index in [1.807, 2.05) is 49.4 Å². The van der Waals surface area contributed by atoms with E-state index in [1.165, 1.54) is 0 Å². The quantitative estimate of drug-likeness (QED) is 0.793. The Morgan fingerprint density at radius 1 is 1.10 bits per heavy atom. The normalized spacial score (nSPS) is 10.2. The molecule has 0 aliphatic carbocycles. The first-order chi connectivity index (χ1) is 9.54. The van der Waals surface area contributed by atoms with Crippen molar-refractivity contribution in [3.8, 4) is 0 Å². The first-order valence-electron chi connectivity index (χ1n) is 6.10. The second kappa shape index (κ2) is 6.90. The molecule has 0 fully saturated rings. The van der Waals surface area contributed by atoms with E-state index in [9.17, 15) is 4.79 Å². The van der Waals surface area contributed by atoms with Crippen LogP contribution in [0.15, 0.2) is 51.4 Å². The Kier molecular flexibility index (Phi) is 5.20. The van der Waals surface area contributed by atoms with Gasteiger partial charge < -0.3 is 10.6 Å². The molecule has 5 heteroatoms. The molecule has 104 valence electrons. The van der Waals surface area contributed by atoms with E-state index in [0.29, 0.717) is 0 Å². The molecule has 0 aromatic heterocycles. The molecule has 0 radical (unpaired) electrons. The van der Waals surface area contributed by atoms with Crippen molar-refractivity contribution in [1.29, 1.82) is 0 Å². The topological polar surface area (TPSA) is 41.1 Å². The summed E-state index contributed by atoms with van der Waals surface area (Å²) in [5.41, 5.74) is 2.83. The molecule has 0 bridgehead atoms. The van der Waals surface area contributed by atoms with E-state index >= 15 is 0 Å². The number of hydrogen-bond donors (Lipinski definition) is 2. The summed E-state index contributed by atoms with van der Waals surface area (Å²) >= 11 is 6.81. The van der Waals surface area contributed by atoms with E-state index < -0.39 is 0 Å². The molecule has 20 heavy (non-hydrogen) atoms. The summed E-state index contributed by atoms with van der Waals surface area (Å²) in [6, 6.07) is 13.5. The van der Waals surface area contributed by atoms with Gasteiger partial charge in [0, 0.05) is 14.6 Å². The van der Waals surface area contributed by atoms with Gasteiger partial charge in [-0.1, -0.05) is 22.0 Å². The number of nitrogens with one attached hydrogen (secondary N) is 2. The smallest absolute Gasteiger partial charge is 0.243 e. The number of amides is 1. The number of hydrogen-bond acceptors (Lipinski definition) is 2. The summed E-state index contributed by atoms with van der Waals surface area (Å²) in [5, 5.41) is 5.94. The van der Waals surface area contributed by atoms with Crippen LogP contribution in [0.25, 0.3) is 0 Å². The SMILES string of the molecule is Cc1ccc(NC(=O)CNc2ccc(Br)cc2)c(Br)c1. The molecule has 2 rings (SSSR count). The lowest BCUT2D eigenvalue weighted by Crippen LogP contribution is -2.21.